The smallest absolute Gasteiger partial charge is 0.407 e. The summed E-state index contributed by atoms with van der Waals surface area (Å²) in [5.41, 5.74) is 0.668. The van der Waals surface area contributed by atoms with E-state index in [2.05, 4.69) is 26.1 Å². The van der Waals surface area contributed by atoms with Gasteiger partial charge in [-0.15, -0.1) is 0 Å². The summed E-state index contributed by atoms with van der Waals surface area (Å²) < 4.78 is 6.04. The monoisotopic (exact) mass is 460 g/mol. The highest BCUT2D eigenvalue weighted by atomic mass is 79.9. The molecule has 2 aliphatic rings. The molecule has 2 aliphatic heterocycles. The molecule has 0 aromatic heterocycles. The molecule has 0 bridgehead atoms. The van der Waals surface area contributed by atoms with Crippen LogP contribution in [0.1, 0.15) is 0 Å². The van der Waals surface area contributed by atoms with Crippen molar-refractivity contribution in [2.45, 2.75) is 6.04 Å². The van der Waals surface area contributed by atoms with Gasteiger partial charge in [-0.1, -0.05) is 11.6 Å². The van der Waals surface area contributed by atoms with Crippen LogP contribution < -0.4 is 10.1 Å². The summed E-state index contributed by atoms with van der Waals surface area (Å²) in [6, 6.07) is 3.75. The third-order valence-corrected chi connectivity index (χ3v) is 6.19. The number of methoxy groups -OCH3 is 1. The lowest BCUT2D eigenvalue weighted by molar-refractivity contribution is -0.131. The Bertz CT molecular complexity index is 721. The molecule has 2 fully saturated rings. The molecule has 1 aromatic rings. The molecule has 2 amide bonds. The molecule has 0 unspecified atom stereocenters. The quantitative estimate of drug-likeness (QED) is 0.698. The standard InChI is InChI=1S/C17H22BrClN4O4/c1-27-15-6-12(18)13(19)7-14(15)20-8-16(24)22-4-2-21(3-5-22)11-9-23(10-11)17(25)26/h6-7,11,20H,2-5,8-10H2,1H3,(H,25,26). The molecule has 0 radical (unpaired) electrons. The Morgan fingerprint density at radius 3 is 2.52 bits per heavy atom. The minimum atomic E-state index is -0.866. The van der Waals surface area contributed by atoms with Crippen molar-refractivity contribution in [1.82, 2.24) is 14.7 Å². The molecule has 0 saturated carbocycles. The number of piperazine rings is 1. The number of benzene rings is 1. The molecule has 2 heterocycles. The molecule has 3 rings (SSSR count). The highest BCUT2D eigenvalue weighted by Crippen LogP contribution is 2.34. The largest absolute Gasteiger partial charge is 0.495 e. The number of halogens is 2. The van der Waals surface area contributed by atoms with Gasteiger partial charge in [-0.05, 0) is 28.1 Å². The number of hydrogen-bond donors (Lipinski definition) is 2. The first-order chi connectivity index (χ1) is 12.9. The predicted octanol–water partition coefficient (Wildman–Crippen LogP) is 2.03. The van der Waals surface area contributed by atoms with Gasteiger partial charge in [0, 0.05) is 49.8 Å². The lowest BCUT2D eigenvalue weighted by Crippen LogP contribution is -2.64. The molecule has 1 aromatic carbocycles. The van der Waals surface area contributed by atoms with Crippen molar-refractivity contribution in [3.63, 3.8) is 0 Å². The van der Waals surface area contributed by atoms with Crippen LogP contribution in [0.3, 0.4) is 0 Å². The number of amides is 2. The predicted molar refractivity (Wildman–Crippen MR) is 106 cm³/mol. The molecule has 27 heavy (non-hydrogen) atoms. The van der Waals surface area contributed by atoms with E-state index in [1.54, 1.807) is 19.2 Å². The van der Waals surface area contributed by atoms with Crippen LogP contribution in [-0.4, -0.2) is 90.8 Å². The first-order valence-corrected chi connectivity index (χ1v) is 9.82. The lowest BCUT2D eigenvalue weighted by Gasteiger charge is -2.47. The van der Waals surface area contributed by atoms with E-state index >= 15 is 0 Å². The number of likely N-dealkylation sites (tertiary alicyclic amines) is 1. The van der Waals surface area contributed by atoms with Crippen LogP contribution in [-0.2, 0) is 4.79 Å². The maximum atomic E-state index is 12.5. The van der Waals surface area contributed by atoms with Crippen LogP contribution in [0.5, 0.6) is 5.75 Å². The second kappa shape index (κ2) is 8.53. The van der Waals surface area contributed by atoms with Crippen LogP contribution in [0.25, 0.3) is 0 Å². The lowest BCUT2D eigenvalue weighted by atomic mass is 10.1. The number of anilines is 1. The molecule has 10 heteroatoms. The molecule has 148 valence electrons. The third kappa shape index (κ3) is 4.59. The van der Waals surface area contributed by atoms with E-state index < -0.39 is 6.09 Å². The van der Waals surface area contributed by atoms with Gasteiger partial charge in [0.05, 0.1) is 24.4 Å². The van der Waals surface area contributed by atoms with Crippen molar-refractivity contribution < 1.29 is 19.4 Å². The van der Waals surface area contributed by atoms with E-state index in [0.717, 1.165) is 17.6 Å². The summed E-state index contributed by atoms with van der Waals surface area (Å²) in [6.45, 7) is 4.06. The Balaban J connectivity index is 1.46. The second-order valence-corrected chi connectivity index (χ2v) is 7.84. The highest BCUT2D eigenvalue weighted by Gasteiger charge is 2.36. The summed E-state index contributed by atoms with van der Waals surface area (Å²) in [5.74, 6) is 0.619. The number of carboxylic acid groups (broad SMARTS) is 1. The highest BCUT2D eigenvalue weighted by molar-refractivity contribution is 9.10. The van der Waals surface area contributed by atoms with E-state index in [0.29, 0.717) is 42.6 Å². The number of ether oxygens (including phenoxy) is 1. The van der Waals surface area contributed by atoms with Gasteiger partial charge >= 0.3 is 6.09 Å². The summed E-state index contributed by atoms with van der Waals surface area (Å²) in [6.07, 6.45) is -0.866. The van der Waals surface area contributed by atoms with Gasteiger partial charge in [0.15, 0.2) is 0 Å². The van der Waals surface area contributed by atoms with Gasteiger partial charge in [0.1, 0.15) is 5.75 Å². The van der Waals surface area contributed by atoms with E-state index in [4.69, 9.17) is 21.4 Å². The van der Waals surface area contributed by atoms with E-state index in [9.17, 15) is 9.59 Å². The fourth-order valence-corrected chi connectivity index (χ4v) is 3.78. The molecule has 0 aliphatic carbocycles. The minimum absolute atomic E-state index is 0.0107. The zero-order valence-corrected chi connectivity index (χ0v) is 17.3. The maximum absolute atomic E-state index is 12.5. The normalized spacial score (nSPS) is 18.2. The van der Waals surface area contributed by atoms with Crippen molar-refractivity contribution >= 4 is 45.2 Å². The summed E-state index contributed by atoms with van der Waals surface area (Å²) >= 11 is 9.47. The zero-order chi connectivity index (χ0) is 19.6. The van der Waals surface area contributed by atoms with Crippen LogP contribution in [0, 0.1) is 0 Å². The van der Waals surface area contributed by atoms with Crippen molar-refractivity contribution in [1.29, 1.82) is 0 Å². The van der Waals surface area contributed by atoms with Gasteiger partial charge in [-0.2, -0.15) is 0 Å². The fraction of sp³-hybridized carbons (Fsp3) is 0.529. The van der Waals surface area contributed by atoms with Gasteiger partial charge in [-0.3, -0.25) is 9.69 Å². The summed E-state index contributed by atoms with van der Waals surface area (Å²) in [5, 5.41) is 12.5. The van der Waals surface area contributed by atoms with Crippen LogP contribution in [0.4, 0.5) is 10.5 Å². The fourth-order valence-electron chi connectivity index (χ4n) is 3.30. The average molecular weight is 462 g/mol. The minimum Gasteiger partial charge on any atom is -0.495 e. The Hall–Kier alpha value is -1.71. The Labute approximate surface area is 171 Å². The van der Waals surface area contributed by atoms with Gasteiger partial charge in [0.25, 0.3) is 0 Å². The molecular weight excluding hydrogens is 440 g/mol. The van der Waals surface area contributed by atoms with Gasteiger partial charge in [-0.25, -0.2) is 4.79 Å². The number of nitrogens with one attached hydrogen (secondary N) is 1. The van der Waals surface area contributed by atoms with E-state index in [-0.39, 0.29) is 18.5 Å². The zero-order valence-electron chi connectivity index (χ0n) is 15.0. The van der Waals surface area contributed by atoms with Crippen LogP contribution in [0.2, 0.25) is 5.02 Å². The number of hydrogen-bond acceptors (Lipinski definition) is 5. The second-order valence-electron chi connectivity index (χ2n) is 6.58. The molecule has 8 nitrogen and oxygen atoms in total. The van der Waals surface area contributed by atoms with Crippen molar-refractivity contribution in [2.75, 3.05) is 58.2 Å². The average Bonchev–Trinajstić information content (AvgIpc) is 2.61. The first-order valence-electron chi connectivity index (χ1n) is 8.65. The molecule has 0 spiro atoms. The maximum Gasteiger partial charge on any atom is 0.407 e. The van der Waals surface area contributed by atoms with Gasteiger partial charge < -0.3 is 25.0 Å². The van der Waals surface area contributed by atoms with Crippen molar-refractivity contribution in [3.05, 3.63) is 21.6 Å². The number of rotatable bonds is 5. The summed E-state index contributed by atoms with van der Waals surface area (Å²) in [4.78, 5) is 28.8. The number of carbonyl (C=O) groups excluding carboxylic acids is 1. The Kier molecular flexibility index (Phi) is 6.33. The third-order valence-electron chi connectivity index (χ3n) is 4.99. The summed E-state index contributed by atoms with van der Waals surface area (Å²) in [7, 11) is 1.56. The van der Waals surface area contributed by atoms with Crippen LogP contribution in [0.15, 0.2) is 16.6 Å². The Morgan fingerprint density at radius 1 is 1.26 bits per heavy atom. The van der Waals surface area contributed by atoms with E-state index in [1.165, 1.54) is 4.90 Å². The SMILES string of the molecule is COc1cc(Br)c(Cl)cc1NCC(=O)N1CCN(C2CN(C(=O)O)C2)CC1. The molecular formula is C17H22BrClN4O4. The van der Waals surface area contributed by atoms with Crippen molar-refractivity contribution in [3.8, 4) is 5.75 Å². The molecule has 0 atom stereocenters. The Morgan fingerprint density at radius 2 is 1.93 bits per heavy atom. The van der Waals surface area contributed by atoms with Crippen LogP contribution >= 0.6 is 27.5 Å². The topological polar surface area (TPSA) is 85.4 Å². The van der Waals surface area contributed by atoms with Gasteiger partial charge in [0.2, 0.25) is 5.91 Å². The number of nitrogens with zero attached hydrogens (tertiary/aromatic N) is 3. The molecule has 2 saturated heterocycles. The van der Waals surface area contributed by atoms with E-state index in [1.807, 2.05) is 4.90 Å². The number of carbonyl (C=O) groups is 2. The molecule has 2 N–H and O–H groups in total. The van der Waals surface area contributed by atoms with Crippen molar-refractivity contribution in [2.24, 2.45) is 0 Å². The first kappa shape index (κ1) is 20.0.